The van der Waals surface area contributed by atoms with E-state index in [1.54, 1.807) is 0 Å². The van der Waals surface area contributed by atoms with Gasteiger partial charge in [-0.05, 0) is 34.1 Å². The Kier molecular flexibility index (Phi) is 3.58. The average molecular weight is 264 g/mol. The number of nitrogens with zero attached hydrogens (tertiary/aromatic N) is 1. The van der Waals surface area contributed by atoms with Crippen molar-refractivity contribution >= 4 is 5.97 Å². The van der Waals surface area contributed by atoms with Gasteiger partial charge in [0.2, 0.25) is 0 Å². The van der Waals surface area contributed by atoms with Gasteiger partial charge in [-0.3, -0.25) is 4.79 Å². The van der Waals surface area contributed by atoms with Crippen molar-refractivity contribution in [3.8, 4) is 0 Å². The fourth-order valence-corrected chi connectivity index (χ4v) is 2.99. The van der Waals surface area contributed by atoms with E-state index in [9.17, 15) is 10.0 Å². The molecule has 4 nitrogen and oxygen atoms in total. The first-order chi connectivity index (χ1) is 8.75. The minimum Gasteiger partial charge on any atom is -0.464 e. The summed E-state index contributed by atoms with van der Waals surface area (Å²) in [6, 6.07) is 0. The zero-order valence-electron chi connectivity index (χ0n) is 12.1. The molecule has 0 N–H and O–H groups in total. The molecular formula is C15H22NO3. The minimum absolute atomic E-state index is 0.171. The van der Waals surface area contributed by atoms with E-state index in [0.29, 0.717) is 13.0 Å². The van der Waals surface area contributed by atoms with Crippen LogP contribution in [-0.2, 0) is 14.7 Å². The van der Waals surface area contributed by atoms with Crippen molar-refractivity contribution in [1.82, 2.24) is 5.06 Å². The Morgan fingerprint density at radius 2 is 1.84 bits per heavy atom. The monoisotopic (exact) mass is 264 g/mol. The molecule has 1 aliphatic heterocycles. The van der Waals surface area contributed by atoms with Crippen molar-refractivity contribution in [2.45, 2.75) is 45.2 Å². The number of carbonyl (C=O) groups is 1. The van der Waals surface area contributed by atoms with Crippen LogP contribution in [0.25, 0.3) is 0 Å². The van der Waals surface area contributed by atoms with E-state index in [1.165, 1.54) is 0 Å². The van der Waals surface area contributed by atoms with Crippen molar-refractivity contribution in [2.24, 2.45) is 11.8 Å². The largest absolute Gasteiger partial charge is 0.464 e. The van der Waals surface area contributed by atoms with E-state index < -0.39 is 11.1 Å². The molecule has 1 saturated heterocycles. The number of hydrogen-bond acceptors (Lipinski definition) is 3. The van der Waals surface area contributed by atoms with Crippen molar-refractivity contribution in [3.63, 3.8) is 0 Å². The first-order valence-corrected chi connectivity index (χ1v) is 6.74. The van der Waals surface area contributed by atoms with Gasteiger partial charge in [0.25, 0.3) is 0 Å². The first kappa shape index (κ1) is 14.3. The van der Waals surface area contributed by atoms with Crippen LogP contribution in [0.4, 0.5) is 0 Å². The summed E-state index contributed by atoms with van der Waals surface area (Å²) in [5.74, 6) is -0.454. The third-order valence-corrected chi connectivity index (χ3v) is 4.16. The second-order valence-corrected chi connectivity index (χ2v) is 6.58. The molecule has 1 aliphatic carbocycles. The third kappa shape index (κ3) is 2.60. The summed E-state index contributed by atoms with van der Waals surface area (Å²) in [5.41, 5.74) is -1.22. The van der Waals surface area contributed by atoms with E-state index in [1.807, 2.05) is 52.0 Å². The average Bonchev–Trinajstić information content (AvgIpc) is 2.89. The quantitative estimate of drug-likeness (QED) is 0.736. The summed E-state index contributed by atoms with van der Waals surface area (Å²) >= 11 is 0. The molecule has 2 rings (SSSR count). The predicted octanol–water partition coefficient (Wildman–Crippen LogP) is 2.50. The van der Waals surface area contributed by atoms with Crippen molar-refractivity contribution < 1.29 is 14.7 Å². The number of hydroxylamine groups is 2. The fraction of sp³-hybridized carbons (Fsp3) is 0.667. The second-order valence-electron chi connectivity index (χ2n) is 6.58. The van der Waals surface area contributed by atoms with Gasteiger partial charge < -0.3 is 4.74 Å². The summed E-state index contributed by atoms with van der Waals surface area (Å²) < 4.78 is 5.38. The molecule has 0 aromatic heterocycles. The van der Waals surface area contributed by atoms with Gasteiger partial charge in [0.05, 0.1) is 11.5 Å². The normalized spacial score (nSPS) is 29.0. The van der Waals surface area contributed by atoms with Gasteiger partial charge >= 0.3 is 5.97 Å². The second kappa shape index (κ2) is 4.76. The third-order valence-electron chi connectivity index (χ3n) is 4.16. The molecule has 0 amide bonds. The lowest BCUT2D eigenvalue weighted by Gasteiger charge is -2.33. The summed E-state index contributed by atoms with van der Waals surface area (Å²) in [5, 5.41) is 13.3. The van der Waals surface area contributed by atoms with Crippen LogP contribution >= 0.6 is 0 Å². The summed E-state index contributed by atoms with van der Waals surface area (Å²) in [7, 11) is 0. The molecule has 0 bridgehead atoms. The van der Waals surface area contributed by atoms with E-state index in [4.69, 9.17) is 4.74 Å². The van der Waals surface area contributed by atoms with Gasteiger partial charge in [0.1, 0.15) is 6.61 Å². The van der Waals surface area contributed by atoms with Crippen LogP contribution in [-0.4, -0.2) is 28.7 Å². The summed E-state index contributed by atoms with van der Waals surface area (Å²) in [6.45, 7) is 7.73. The first-order valence-electron chi connectivity index (χ1n) is 6.74. The number of esters is 1. The number of allylic oxidation sites excluding steroid dienone is 2. The Hall–Kier alpha value is -1.13. The molecule has 1 atom stereocenters. The molecule has 0 aromatic rings. The van der Waals surface area contributed by atoms with E-state index in [-0.39, 0.29) is 17.8 Å². The van der Waals surface area contributed by atoms with Crippen molar-refractivity contribution in [3.05, 3.63) is 24.3 Å². The van der Waals surface area contributed by atoms with Crippen LogP contribution in [0.3, 0.4) is 0 Å². The van der Waals surface area contributed by atoms with Crippen molar-refractivity contribution in [2.75, 3.05) is 6.61 Å². The highest BCUT2D eigenvalue weighted by atomic mass is 16.5. The Labute approximate surface area is 114 Å². The molecule has 0 saturated carbocycles. The zero-order chi connectivity index (χ0) is 14.3. The Balaban J connectivity index is 1.99. The fourth-order valence-electron chi connectivity index (χ4n) is 2.99. The highest BCUT2D eigenvalue weighted by molar-refractivity contribution is 5.74. The maximum absolute atomic E-state index is 12.2. The lowest BCUT2D eigenvalue weighted by molar-refractivity contribution is -0.248. The smallest absolute Gasteiger partial charge is 0.310 e. The van der Waals surface area contributed by atoms with Gasteiger partial charge in [0.15, 0.2) is 0 Å². The number of hydrogen-bond donors (Lipinski definition) is 0. The van der Waals surface area contributed by atoms with Gasteiger partial charge in [-0.1, -0.05) is 24.3 Å². The Morgan fingerprint density at radius 3 is 2.32 bits per heavy atom. The molecule has 1 radical (unpaired) electrons. The van der Waals surface area contributed by atoms with Gasteiger partial charge in [0, 0.05) is 11.5 Å². The van der Waals surface area contributed by atoms with Crippen LogP contribution in [0.2, 0.25) is 0 Å². The maximum Gasteiger partial charge on any atom is 0.310 e. The molecule has 2 aliphatic rings. The molecule has 0 aromatic carbocycles. The number of rotatable bonds is 3. The zero-order valence-corrected chi connectivity index (χ0v) is 12.1. The standard InChI is InChI=1S/C15H22NO3/c1-14(2)9-12(15(3,4)16(14)18)13(17)19-10-11-7-5-6-8-11/h5-8,11-12H,9-10H2,1-4H3. The van der Waals surface area contributed by atoms with E-state index in [2.05, 4.69) is 0 Å². The predicted molar refractivity (Wildman–Crippen MR) is 71.5 cm³/mol. The topological polar surface area (TPSA) is 49.4 Å². The molecule has 105 valence electrons. The molecule has 1 fully saturated rings. The van der Waals surface area contributed by atoms with Crippen LogP contribution in [0.1, 0.15) is 34.1 Å². The molecule has 4 heteroatoms. The van der Waals surface area contributed by atoms with Crippen LogP contribution in [0, 0.1) is 11.8 Å². The van der Waals surface area contributed by atoms with Crippen LogP contribution in [0.15, 0.2) is 24.3 Å². The molecule has 19 heavy (non-hydrogen) atoms. The van der Waals surface area contributed by atoms with Gasteiger partial charge in [-0.15, -0.1) is 10.3 Å². The van der Waals surface area contributed by atoms with E-state index >= 15 is 0 Å². The summed E-state index contributed by atoms with van der Waals surface area (Å²) in [4.78, 5) is 12.2. The number of ether oxygens (including phenoxy) is 1. The Morgan fingerprint density at radius 1 is 1.26 bits per heavy atom. The highest BCUT2D eigenvalue weighted by Gasteiger charge is 2.55. The van der Waals surface area contributed by atoms with Crippen LogP contribution < -0.4 is 0 Å². The SMILES string of the molecule is CC1(C)CC(C(=O)OCC2C=CC=C2)C(C)(C)N1[O]. The highest BCUT2D eigenvalue weighted by Crippen LogP contribution is 2.44. The van der Waals surface area contributed by atoms with Crippen molar-refractivity contribution in [1.29, 1.82) is 0 Å². The van der Waals surface area contributed by atoms with E-state index in [0.717, 1.165) is 5.06 Å². The minimum atomic E-state index is -0.706. The lowest BCUT2D eigenvalue weighted by Crippen LogP contribution is -2.47. The molecule has 1 unspecified atom stereocenters. The summed E-state index contributed by atoms with van der Waals surface area (Å²) in [6.07, 6.45) is 8.42. The molecule has 1 heterocycles. The molecular weight excluding hydrogens is 242 g/mol. The van der Waals surface area contributed by atoms with Crippen LogP contribution in [0.5, 0.6) is 0 Å². The molecule has 0 spiro atoms. The number of carbonyl (C=O) groups excluding carboxylic acids is 1. The Bertz CT molecular complexity index is 411. The van der Waals surface area contributed by atoms with Gasteiger partial charge in [-0.25, -0.2) is 0 Å². The van der Waals surface area contributed by atoms with Gasteiger partial charge in [-0.2, -0.15) is 0 Å². The maximum atomic E-state index is 12.2. The lowest BCUT2D eigenvalue weighted by atomic mass is 9.87.